The monoisotopic (exact) mass is 415 g/mol. The molecule has 2 aliphatic rings. The molecule has 2 saturated heterocycles. The van der Waals surface area contributed by atoms with Crippen LogP contribution in [0.25, 0.3) is 10.9 Å². The summed E-state index contributed by atoms with van der Waals surface area (Å²) in [4.78, 5) is 36.9. The van der Waals surface area contributed by atoms with Gasteiger partial charge in [-0.3, -0.25) is 4.79 Å². The van der Waals surface area contributed by atoms with E-state index in [1.807, 2.05) is 11.8 Å². The molecule has 0 radical (unpaired) electrons. The van der Waals surface area contributed by atoms with E-state index in [9.17, 15) is 9.59 Å². The Morgan fingerprint density at radius 2 is 1.80 bits per heavy atom. The number of benzene rings is 1. The largest absolute Gasteiger partial charge is 0.493 e. The van der Waals surface area contributed by atoms with Crippen molar-refractivity contribution in [1.29, 1.82) is 0 Å². The van der Waals surface area contributed by atoms with E-state index in [0.29, 0.717) is 66.5 Å². The number of ether oxygens (including phenoxy) is 3. The number of amides is 2. The molecule has 2 amide bonds. The highest BCUT2D eigenvalue weighted by Gasteiger charge is 2.44. The highest BCUT2D eigenvalue weighted by atomic mass is 16.6. The second-order valence-electron chi connectivity index (χ2n) is 7.34. The van der Waals surface area contributed by atoms with Crippen LogP contribution in [0.15, 0.2) is 12.1 Å². The number of nitrogen functional groups attached to an aromatic ring is 1. The van der Waals surface area contributed by atoms with Gasteiger partial charge in [0.25, 0.3) is 5.91 Å². The van der Waals surface area contributed by atoms with E-state index in [1.54, 1.807) is 26.4 Å². The molecule has 10 heteroatoms. The second kappa shape index (κ2) is 7.85. The van der Waals surface area contributed by atoms with Crippen LogP contribution in [-0.4, -0.2) is 66.3 Å². The first-order valence-corrected chi connectivity index (χ1v) is 9.94. The number of piperidine rings is 1. The van der Waals surface area contributed by atoms with Crippen molar-refractivity contribution in [1.82, 2.24) is 14.9 Å². The van der Waals surface area contributed by atoms with E-state index in [0.717, 1.165) is 0 Å². The van der Waals surface area contributed by atoms with Gasteiger partial charge in [0, 0.05) is 30.6 Å². The molecule has 2 fully saturated rings. The summed E-state index contributed by atoms with van der Waals surface area (Å²) in [7, 11) is 3.12. The van der Waals surface area contributed by atoms with Crippen LogP contribution in [0.1, 0.15) is 26.2 Å². The van der Waals surface area contributed by atoms with Gasteiger partial charge in [0.2, 0.25) is 5.95 Å². The molecule has 10 nitrogen and oxygen atoms in total. The second-order valence-corrected chi connectivity index (χ2v) is 7.34. The Kier molecular flexibility index (Phi) is 5.23. The summed E-state index contributed by atoms with van der Waals surface area (Å²) in [5.74, 6) is 1.73. The number of cyclic esters (lactones) is 1. The van der Waals surface area contributed by atoms with Gasteiger partial charge in [0.15, 0.2) is 17.6 Å². The lowest BCUT2D eigenvalue weighted by Gasteiger charge is -2.34. The molecule has 3 heterocycles. The van der Waals surface area contributed by atoms with E-state index < -0.39 is 12.2 Å². The molecule has 0 saturated carbocycles. The molecule has 30 heavy (non-hydrogen) atoms. The maximum Gasteiger partial charge on any atom is 0.417 e. The fraction of sp³-hybridized carbons (Fsp3) is 0.500. The summed E-state index contributed by atoms with van der Waals surface area (Å²) in [5, 5.41) is 0.683. The number of carbonyl (C=O) groups excluding carboxylic acids is 2. The van der Waals surface area contributed by atoms with Gasteiger partial charge in [-0.1, -0.05) is 6.92 Å². The topological polar surface area (TPSA) is 120 Å². The first kappa shape index (κ1) is 20.0. The number of hydrogen-bond donors (Lipinski definition) is 1. The van der Waals surface area contributed by atoms with Crippen LogP contribution in [0.2, 0.25) is 0 Å². The smallest absolute Gasteiger partial charge is 0.417 e. The fourth-order valence-corrected chi connectivity index (χ4v) is 3.99. The predicted octanol–water partition coefficient (Wildman–Crippen LogP) is 1.96. The van der Waals surface area contributed by atoms with E-state index in [2.05, 4.69) is 9.97 Å². The van der Waals surface area contributed by atoms with Gasteiger partial charge < -0.3 is 24.8 Å². The average molecular weight is 415 g/mol. The number of anilines is 2. The molecule has 4 rings (SSSR count). The number of nitrogens with two attached hydrogens (primary N) is 1. The summed E-state index contributed by atoms with van der Waals surface area (Å²) in [6.07, 6.45) is 0.511. The Morgan fingerprint density at radius 1 is 1.13 bits per heavy atom. The normalized spacial score (nSPS) is 20.0. The molecule has 0 spiro atoms. The van der Waals surface area contributed by atoms with Gasteiger partial charge in [0.05, 0.1) is 19.7 Å². The number of imide groups is 1. The number of fused-ring (bicyclic) bond motifs is 1. The van der Waals surface area contributed by atoms with Gasteiger partial charge in [-0.2, -0.15) is 4.98 Å². The van der Waals surface area contributed by atoms with E-state index in [1.165, 1.54) is 4.90 Å². The Balaban J connectivity index is 1.53. The molecule has 1 aromatic heterocycles. The Bertz CT molecular complexity index is 989. The van der Waals surface area contributed by atoms with Crippen molar-refractivity contribution in [2.75, 3.05) is 37.9 Å². The zero-order valence-corrected chi connectivity index (χ0v) is 17.3. The Labute approximate surface area is 173 Å². The van der Waals surface area contributed by atoms with Crippen molar-refractivity contribution >= 4 is 34.7 Å². The lowest BCUT2D eigenvalue weighted by Crippen LogP contribution is -2.48. The summed E-state index contributed by atoms with van der Waals surface area (Å²) in [6.45, 7) is 3.02. The van der Waals surface area contributed by atoms with Crippen LogP contribution in [0.4, 0.5) is 16.6 Å². The van der Waals surface area contributed by atoms with E-state index >= 15 is 0 Å². The third-order valence-electron chi connectivity index (χ3n) is 5.65. The Morgan fingerprint density at radius 3 is 2.40 bits per heavy atom. The summed E-state index contributed by atoms with van der Waals surface area (Å²) in [5.41, 5.74) is 6.84. The van der Waals surface area contributed by atoms with Crippen LogP contribution in [0, 0.1) is 0 Å². The number of aromatic nitrogens is 2. The number of rotatable bonds is 5. The average Bonchev–Trinajstić information content (AvgIpc) is 3.06. The van der Waals surface area contributed by atoms with E-state index in [-0.39, 0.29) is 11.9 Å². The minimum atomic E-state index is -0.661. The molecule has 0 bridgehead atoms. The maximum absolute atomic E-state index is 12.4. The number of nitrogens with zero attached hydrogens (tertiary/aromatic N) is 4. The summed E-state index contributed by atoms with van der Waals surface area (Å²) in [6, 6.07) is 3.35. The highest BCUT2D eigenvalue weighted by molar-refractivity contribution is 6.00. The van der Waals surface area contributed by atoms with E-state index in [4.69, 9.17) is 19.9 Å². The third-order valence-corrected chi connectivity index (χ3v) is 5.65. The van der Waals surface area contributed by atoms with Gasteiger partial charge in [0.1, 0.15) is 5.82 Å². The molecule has 1 atom stereocenters. The minimum absolute atomic E-state index is 0.181. The van der Waals surface area contributed by atoms with Crippen molar-refractivity contribution in [3.8, 4) is 11.5 Å². The lowest BCUT2D eigenvalue weighted by atomic mass is 10.0. The van der Waals surface area contributed by atoms with Crippen molar-refractivity contribution < 1.29 is 23.8 Å². The molecular weight excluding hydrogens is 390 g/mol. The lowest BCUT2D eigenvalue weighted by molar-refractivity contribution is -0.131. The van der Waals surface area contributed by atoms with Crippen LogP contribution >= 0.6 is 0 Å². The summed E-state index contributed by atoms with van der Waals surface area (Å²) >= 11 is 0. The van der Waals surface area contributed by atoms with Gasteiger partial charge >= 0.3 is 6.09 Å². The first-order chi connectivity index (χ1) is 14.5. The summed E-state index contributed by atoms with van der Waals surface area (Å²) < 4.78 is 15.8. The first-order valence-electron chi connectivity index (χ1n) is 9.94. The molecule has 2 aromatic rings. The number of hydrogen-bond acceptors (Lipinski definition) is 9. The van der Waals surface area contributed by atoms with Crippen molar-refractivity contribution in [3.63, 3.8) is 0 Å². The molecule has 2 N–H and O–H groups in total. The molecular formula is C20H25N5O5. The van der Waals surface area contributed by atoms with Gasteiger partial charge in [-0.05, 0) is 25.3 Å². The fourth-order valence-electron chi connectivity index (χ4n) is 3.99. The SMILES string of the molecule is CCC1OC(=O)N(C2CCN(c3nc(N)c4cc(OC)c(OC)cc4n3)CC2)C1=O. The van der Waals surface area contributed by atoms with Crippen LogP contribution < -0.4 is 20.1 Å². The molecule has 0 aliphatic carbocycles. The zero-order chi connectivity index (χ0) is 21.4. The van der Waals surface area contributed by atoms with Gasteiger partial charge in [-0.25, -0.2) is 14.7 Å². The standard InChI is InChI=1S/C20H25N5O5/c1-4-14-18(26)25(20(27)30-14)11-5-7-24(8-6-11)19-22-13-10-16(29-3)15(28-2)9-12(13)17(21)23-19/h9-11,14H,4-8H2,1-3H3,(H2,21,22,23). The van der Waals surface area contributed by atoms with Crippen molar-refractivity contribution in [3.05, 3.63) is 12.1 Å². The number of carbonyl (C=O) groups is 2. The van der Waals surface area contributed by atoms with Crippen molar-refractivity contribution in [2.24, 2.45) is 0 Å². The molecule has 1 unspecified atom stereocenters. The van der Waals surface area contributed by atoms with Crippen LogP contribution in [-0.2, 0) is 9.53 Å². The zero-order valence-electron chi connectivity index (χ0n) is 17.3. The van der Waals surface area contributed by atoms with Gasteiger partial charge in [-0.15, -0.1) is 0 Å². The quantitative estimate of drug-likeness (QED) is 0.781. The predicted molar refractivity (Wildman–Crippen MR) is 110 cm³/mol. The third kappa shape index (κ3) is 3.31. The van der Waals surface area contributed by atoms with Crippen LogP contribution in [0.3, 0.4) is 0 Å². The maximum atomic E-state index is 12.4. The molecule has 160 valence electrons. The highest BCUT2D eigenvalue weighted by Crippen LogP contribution is 2.34. The Hall–Kier alpha value is -3.30. The molecule has 1 aromatic carbocycles. The van der Waals surface area contributed by atoms with Crippen LogP contribution in [0.5, 0.6) is 11.5 Å². The number of methoxy groups -OCH3 is 2. The van der Waals surface area contributed by atoms with Crippen molar-refractivity contribution in [2.45, 2.75) is 38.3 Å². The minimum Gasteiger partial charge on any atom is -0.493 e. The molecule has 2 aliphatic heterocycles.